The Kier molecular flexibility index (Phi) is 19.5. The van der Waals surface area contributed by atoms with Crippen LogP contribution in [0.25, 0.3) is 12.2 Å². The molecule has 2 aromatic carbocycles. The molecule has 0 aliphatic rings. The zero-order valence-corrected chi connectivity index (χ0v) is 30.0. The van der Waals surface area contributed by atoms with E-state index in [1.54, 1.807) is 0 Å². The Labute approximate surface area is 285 Å². The molecule has 260 valence electrons. The van der Waals surface area contributed by atoms with Gasteiger partial charge in [0, 0.05) is 20.8 Å². The van der Waals surface area contributed by atoms with Gasteiger partial charge in [0.2, 0.25) is 5.91 Å². The lowest BCUT2D eigenvalue weighted by molar-refractivity contribution is -0.150. The van der Waals surface area contributed by atoms with Crippen LogP contribution in [0.4, 0.5) is 0 Å². The standard InChI is InChI=1S/C41H61NO5/c1-6-8-10-12-14-16-20-36-24-25-39(28-29-41(42-33(3)43,31-46-34(4)44)32-47-35(5)45)40(30-36)27-26-38-23-19-18-22-37(38)21-17-15-13-11-9-7-2/h18-19,22-27,30H,6-17,20-21,28-29,31-32H2,1-5H3,(H,42,43). The largest absolute Gasteiger partial charge is 0.463 e. The van der Waals surface area contributed by atoms with E-state index in [4.69, 9.17) is 9.47 Å². The van der Waals surface area contributed by atoms with Gasteiger partial charge in [-0.05, 0) is 66.3 Å². The van der Waals surface area contributed by atoms with Crippen molar-refractivity contribution in [3.8, 4) is 0 Å². The van der Waals surface area contributed by atoms with Crippen LogP contribution in [0.5, 0.6) is 0 Å². The zero-order valence-electron chi connectivity index (χ0n) is 30.0. The molecule has 0 atom stereocenters. The van der Waals surface area contributed by atoms with E-state index in [1.807, 2.05) is 0 Å². The number of carbonyl (C=O) groups is 3. The number of esters is 2. The van der Waals surface area contributed by atoms with Gasteiger partial charge in [0.1, 0.15) is 18.8 Å². The lowest BCUT2D eigenvalue weighted by atomic mass is 9.89. The summed E-state index contributed by atoms with van der Waals surface area (Å²) in [6.07, 6.45) is 22.8. The summed E-state index contributed by atoms with van der Waals surface area (Å²) < 4.78 is 10.8. The highest BCUT2D eigenvalue weighted by Gasteiger charge is 2.34. The average molecular weight is 648 g/mol. The number of nitrogens with one attached hydrogen (secondary N) is 1. The van der Waals surface area contributed by atoms with Gasteiger partial charge in [0.05, 0.1) is 0 Å². The Morgan fingerprint density at radius 3 is 1.77 bits per heavy atom. The summed E-state index contributed by atoms with van der Waals surface area (Å²) in [4.78, 5) is 35.8. The molecule has 0 heterocycles. The minimum absolute atomic E-state index is 0.0811. The van der Waals surface area contributed by atoms with Crippen molar-refractivity contribution in [1.29, 1.82) is 0 Å². The highest BCUT2D eigenvalue weighted by Crippen LogP contribution is 2.24. The van der Waals surface area contributed by atoms with Crippen LogP contribution >= 0.6 is 0 Å². The maximum absolute atomic E-state index is 12.3. The van der Waals surface area contributed by atoms with Gasteiger partial charge in [0.25, 0.3) is 0 Å². The number of benzene rings is 2. The van der Waals surface area contributed by atoms with Gasteiger partial charge < -0.3 is 14.8 Å². The second kappa shape index (κ2) is 23.0. The molecule has 47 heavy (non-hydrogen) atoms. The summed E-state index contributed by atoms with van der Waals surface area (Å²) >= 11 is 0. The normalized spacial score (nSPS) is 11.5. The number of hydrogen-bond donors (Lipinski definition) is 1. The highest BCUT2D eigenvalue weighted by molar-refractivity contribution is 5.75. The van der Waals surface area contributed by atoms with Crippen LogP contribution in [0.1, 0.15) is 146 Å². The predicted molar refractivity (Wildman–Crippen MR) is 194 cm³/mol. The van der Waals surface area contributed by atoms with Crippen molar-refractivity contribution in [2.45, 2.75) is 143 Å². The molecule has 0 aliphatic carbocycles. The van der Waals surface area contributed by atoms with Crippen molar-refractivity contribution >= 4 is 30.0 Å². The summed E-state index contributed by atoms with van der Waals surface area (Å²) in [5.41, 5.74) is 5.16. The first kappa shape index (κ1) is 39.8. The summed E-state index contributed by atoms with van der Waals surface area (Å²) in [5, 5.41) is 2.94. The number of hydrogen-bond acceptors (Lipinski definition) is 5. The number of rotatable bonds is 24. The van der Waals surface area contributed by atoms with Crippen LogP contribution in [0.2, 0.25) is 0 Å². The van der Waals surface area contributed by atoms with Crippen LogP contribution in [0, 0.1) is 0 Å². The van der Waals surface area contributed by atoms with E-state index >= 15 is 0 Å². The molecule has 1 amide bonds. The predicted octanol–water partition coefficient (Wildman–Crippen LogP) is 9.60. The van der Waals surface area contributed by atoms with Gasteiger partial charge in [0.15, 0.2) is 0 Å². The fourth-order valence-corrected chi connectivity index (χ4v) is 6.04. The summed E-state index contributed by atoms with van der Waals surface area (Å²) in [5.74, 6) is -1.18. The molecule has 0 aromatic heterocycles. The SMILES string of the molecule is CCCCCCCCc1ccc(CCC(COC(C)=O)(COC(C)=O)NC(C)=O)c(C=Cc2ccccc2CCCCCCCC)c1. The molecule has 0 saturated heterocycles. The van der Waals surface area contributed by atoms with E-state index in [-0.39, 0.29) is 19.1 Å². The molecule has 2 rings (SSSR count). The molecular formula is C41H61NO5. The fourth-order valence-electron chi connectivity index (χ4n) is 6.04. The third kappa shape index (κ3) is 16.8. The van der Waals surface area contributed by atoms with Crippen molar-refractivity contribution in [1.82, 2.24) is 5.32 Å². The number of unbranched alkanes of at least 4 members (excludes halogenated alkanes) is 10. The highest BCUT2D eigenvalue weighted by atomic mass is 16.5. The quantitative estimate of drug-likeness (QED) is 0.0697. The van der Waals surface area contributed by atoms with Crippen LogP contribution in [0.15, 0.2) is 42.5 Å². The maximum Gasteiger partial charge on any atom is 0.302 e. The van der Waals surface area contributed by atoms with E-state index in [2.05, 4.69) is 73.8 Å². The van der Waals surface area contributed by atoms with Crippen molar-refractivity contribution in [3.05, 3.63) is 70.3 Å². The Balaban J connectivity index is 2.33. The molecule has 6 nitrogen and oxygen atoms in total. The minimum atomic E-state index is -1.04. The van der Waals surface area contributed by atoms with E-state index < -0.39 is 17.5 Å². The first-order chi connectivity index (χ1) is 22.7. The Morgan fingerprint density at radius 2 is 1.17 bits per heavy atom. The second-order valence-corrected chi connectivity index (χ2v) is 13.1. The van der Waals surface area contributed by atoms with Crippen molar-refractivity contribution < 1.29 is 23.9 Å². The van der Waals surface area contributed by atoms with E-state index in [0.29, 0.717) is 12.8 Å². The Bertz CT molecular complexity index is 1230. The molecule has 0 unspecified atom stereocenters. The van der Waals surface area contributed by atoms with Crippen LogP contribution < -0.4 is 5.32 Å². The summed E-state index contributed by atoms with van der Waals surface area (Å²) in [6, 6.07) is 15.4. The zero-order chi connectivity index (χ0) is 34.3. The molecule has 6 heteroatoms. The summed E-state index contributed by atoms with van der Waals surface area (Å²) in [7, 11) is 0. The van der Waals surface area contributed by atoms with Gasteiger partial charge in [-0.1, -0.05) is 133 Å². The van der Waals surface area contributed by atoms with Gasteiger partial charge in [-0.2, -0.15) is 0 Å². The second-order valence-electron chi connectivity index (χ2n) is 13.1. The lowest BCUT2D eigenvalue weighted by Gasteiger charge is -2.33. The molecule has 0 bridgehead atoms. The first-order valence-corrected chi connectivity index (χ1v) is 18.1. The Hall–Kier alpha value is -3.41. The van der Waals surface area contributed by atoms with Crippen LogP contribution in [-0.4, -0.2) is 36.6 Å². The molecule has 0 aliphatic heterocycles. The molecular weight excluding hydrogens is 586 g/mol. The topological polar surface area (TPSA) is 81.7 Å². The van der Waals surface area contributed by atoms with Crippen molar-refractivity contribution in [2.75, 3.05) is 13.2 Å². The molecule has 2 aromatic rings. The Morgan fingerprint density at radius 1 is 0.638 bits per heavy atom. The lowest BCUT2D eigenvalue weighted by Crippen LogP contribution is -2.55. The maximum atomic E-state index is 12.3. The van der Waals surface area contributed by atoms with Crippen LogP contribution in [0.3, 0.4) is 0 Å². The smallest absolute Gasteiger partial charge is 0.302 e. The third-order valence-electron chi connectivity index (χ3n) is 8.74. The van der Waals surface area contributed by atoms with E-state index in [0.717, 1.165) is 24.0 Å². The molecule has 0 radical (unpaired) electrons. The molecule has 0 spiro atoms. The molecule has 0 saturated carbocycles. The fraction of sp³-hybridized carbons (Fsp3) is 0.585. The van der Waals surface area contributed by atoms with Gasteiger partial charge in [-0.15, -0.1) is 0 Å². The molecule has 1 N–H and O–H groups in total. The third-order valence-corrected chi connectivity index (χ3v) is 8.74. The van der Waals surface area contributed by atoms with E-state index in [9.17, 15) is 14.4 Å². The summed E-state index contributed by atoms with van der Waals surface area (Å²) in [6.45, 7) is 8.43. The monoisotopic (exact) mass is 647 g/mol. The molecule has 0 fully saturated rings. The average Bonchev–Trinajstić information content (AvgIpc) is 3.04. The number of amides is 1. The van der Waals surface area contributed by atoms with Crippen molar-refractivity contribution in [2.24, 2.45) is 0 Å². The number of aryl methyl sites for hydroxylation is 3. The van der Waals surface area contributed by atoms with Crippen molar-refractivity contribution in [3.63, 3.8) is 0 Å². The minimum Gasteiger partial charge on any atom is -0.463 e. The van der Waals surface area contributed by atoms with Gasteiger partial charge in [-0.25, -0.2) is 0 Å². The van der Waals surface area contributed by atoms with Gasteiger partial charge >= 0.3 is 11.9 Å². The van der Waals surface area contributed by atoms with E-state index in [1.165, 1.54) is 115 Å². The van der Waals surface area contributed by atoms with Crippen LogP contribution in [-0.2, 0) is 43.1 Å². The number of carbonyl (C=O) groups excluding carboxylic acids is 3. The first-order valence-electron chi connectivity index (χ1n) is 18.1. The number of ether oxygens (including phenoxy) is 2. The van der Waals surface area contributed by atoms with Gasteiger partial charge in [-0.3, -0.25) is 14.4 Å².